The number of carbonyl (C=O) groups is 1. The molecule has 0 bridgehead atoms. The molecular weight excluding hydrogens is 322 g/mol. The van der Waals surface area contributed by atoms with E-state index in [2.05, 4.69) is 24.0 Å². The fourth-order valence-electron chi connectivity index (χ4n) is 4.59. The topological polar surface area (TPSA) is 29.5 Å². The lowest BCUT2D eigenvalue weighted by atomic mass is 9.83. The highest BCUT2D eigenvalue weighted by atomic mass is 16.5. The minimum Gasteiger partial charge on any atom is -0.493 e. The molecule has 26 heavy (non-hydrogen) atoms. The lowest BCUT2D eigenvalue weighted by Gasteiger charge is -2.26. The Bertz CT molecular complexity index is 644. The summed E-state index contributed by atoms with van der Waals surface area (Å²) in [5.74, 6) is 2.32. The second-order valence-electron chi connectivity index (χ2n) is 8.51. The average Bonchev–Trinajstić information content (AvgIpc) is 3.37. The fraction of sp³-hybridized carbons (Fsp3) is 0.696. The van der Waals surface area contributed by atoms with Crippen molar-refractivity contribution in [1.82, 2.24) is 4.90 Å². The van der Waals surface area contributed by atoms with E-state index >= 15 is 0 Å². The van der Waals surface area contributed by atoms with Gasteiger partial charge in [-0.1, -0.05) is 6.92 Å². The first-order valence-electron chi connectivity index (χ1n) is 10.8. The third-order valence-electron chi connectivity index (χ3n) is 6.47. The summed E-state index contributed by atoms with van der Waals surface area (Å²) in [6.07, 6.45) is 10.7. The van der Waals surface area contributed by atoms with Gasteiger partial charge in [-0.15, -0.1) is 0 Å². The van der Waals surface area contributed by atoms with Gasteiger partial charge in [0, 0.05) is 18.0 Å². The summed E-state index contributed by atoms with van der Waals surface area (Å²) >= 11 is 0. The first-order chi connectivity index (χ1) is 12.8. The number of fused-ring (bicyclic) bond motifs is 1. The fourth-order valence-corrected chi connectivity index (χ4v) is 4.59. The molecule has 1 heterocycles. The van der Waals surface area contributed by atoms with Crippen molar-refractivity contribution in [3.63, 3.8) is 0 Å². The first kappa shape index (κ1) is 18.0. The van der Waals surface area contributed by atoms with Crippen molar-refractivity contribution in [3.05, 3.63) is 28.8 Å². The zero-order valence-electron chi connectivity index (χ0n) is 16.3. The van der Waals surface area contributed by atoms with Gasteiger partial charge in [-0.05, 0) is 100 Å². The summed E-state index contributed by atoms with van der Waals surface area (Å²) in [6.45, 7) is 6.28. The molecule has 4 rings (SSSR count). The minimum atomic E-state index is 0.136. The zero-order chi connectivity index (χ0) is 17.9. The summed E-state index contributed by atoms with van der Waals surface area (Å²) < 4.78 is 6.14. The van der Waals surface area contributed by atoms with E-state index in [0.717, 1.165) is 62.7 Å². The van der Waals surface area contributed by atoms with Crippen LogP contribution in [0.2, 0.25) is 0 Å². The van der Waals surface area contributed by atoms with Gasteiger partial charge in [-0.2, -0.15) is 0 Å². The Hall–Kier alpha value is -1.35. The molecule has 3 aliphatic rings. The quantitative estimate of drug-likeness (QED) is 0.635. The molecule has 3 nitrogen and oxygen atoms in total. The third kappa shape index (κ3) is 3.98. The van der Waals surface area contributed by atoms with Gasteiger partial charge in [-0.3, -0.25) is 4.79 Å². The highest BCUT2D eigenvalue weighted by Gasteiger charge is 2.28. The number of hydrogen-bond acceptors (Lipinski definition) is 3. The highest BCUT2D eigenvalue weighted by Crippen LogP contribution is 2.36. The summed E-state index contributed by atoms with van der Waals surface area (Å²) in [6, 6.07) is 4.16. The predicted molar refractivity (Wildman–Crippen MR) is 105 cm³/mol. The molecule has 1 saturated heterocycles. The molecule has 2 aliphatic carbocycles. The van der Waals surface area contributed by atoms with E-state index in [0.29, 0.717) is 5.78 Å². The van der Waals surface area contributed by atoms with Gasteiger partial charge in [-0.25, -0.2) is 0 Å². The lowest BCUT2D eigenvalue weighted by molar-refractivity contribution is 0.0884. The van der Waals surface area contributed by atoms with Crippen LogP contribution >= 0.6 is 0 Å². The van der Waals surface area contributed by atoms with E-state index in [1.807, 2.05) is 0 Å². The van der Waals surface area contributed by atoms with E-state index in [9.17, 15) is 4.79 Å². The lowest BCUT2D eigenvalue weighted by Crippen LogP contribution is -2.31. The summed E-state index contributed by atoms with van der Waals surface area (Å²) in [5.41, 5.74) is 3.62. The maximum absolute atomic E-state index is 13.4. The number of hydrogen-bond donors (Lipinski definition) is 0. The van der Waals surface area contributed by atoms with Crippen LogP contribution in [0.4, 0.5) is 0 Å². The van der Waals surface area contributed by atoms with Gasteiger partial charge in [0.15, 0.2) is 5.78 Å². The van der Waals surface area contributed by atoms with E-state index in [1.165, 1.54) is 49.7 Å². The van der Waals surface area contributed by atoms with Crippen molar-refractivity contribution in [3.8, 4) is 5.75 Å². The largest absolute Gasteiger partial charge is 0.493 e. The van der Waals surface area contributed by atoms with Crippen LogP contribution in [0.1, 0.15) is 73.4 Å². The molecule has 1 saturated carbocycles. The molecule has 1 aliphatic heterocycles. The number of benzene rings is 1. The van der Waals surface area contributed by atoms with Crippen molar-refractivity contribution in [1.29, 1.82) is 0 Å². The average molecular weight is 356 g/mol. The van der Waals surface area contributed by atoms with Crippen LogP contribution in [0, 0.1) is 11.8 Å². The standard InChI is InChI=1S/C23H33NO2/c1-2-18(15-24-13-5-6-14-24)23(25)21-11-12-22(26-16-17-9-10-17)20-8-4-3-7-19(20)21/h11-12,17-18H,2-10,13-16H2,1H3. The molecular formula is C23H33NO2. The van der Waals surface area contributed by atoms with Crippen molar-refractivity contribution >= 4 is 5.78 Å². The zero-order valence-corrected chi connectivity index (χ0v) is 16.3. The van der Waals surface area contributed by atoms with Gasteiger partial charge in [0.1, 0.15) is 5.75 Å². The number of nitrogens with zero attached hydrogens (tertiary/aromatic N) is 1. The predicted octanol–water partition coefficient (Wildman–Crippen LogP) is 4.66. The number of rotatable bonds is 8. The van der Waals surface area contributed by atoms with Gasteiger partial charge < -0.3 is 9.64 Å². The van der Waals surface area contributed by atoms with Gasteiger partial charge >= 0.3 is 0 Å². The molecule has 3 heteroatoms. The molecule has 0 aromatic heterocycles. The molecule has 1 unspecified atom stereocenters. The Balaban J connectivity index is 1.54. The van der Waals surface area contributed by atoms with Crippen molar-refractivity contribution in [2.45, 2.75) is 64.7 Å². The van der Waals surface area contributed by atoms with Crippen LogP contribution < -0.4 is 4.74 Å². The Morgan fingerprint density at radius 2 is 1.85 bits per heavy atom. The van der Waals surface area contributed by atoms with Crippen LogP contribution in [0.3, 0.4) is 0 Å². The van der Waals surface area contributed by atoms with Crippen molar-refractivity contribution < 1.29 is 9.53 Å². The van der Waals surface area contributed by atoms with Crippen LogP contribution in [-0.2, 0) is 12.8 Å². The molecule has 142 valence electrons. The number of ketones is 1. The van der Waals surface area contributed by atoms with Gasteiger partial charge in [0.2, 0.25) is 0 Å². The molecule has 1 atom stereocenters. The van der Waals surface area contributed by atoms with Crippen LogP contribution in [0.15, 0.2) is 12.1 Å². The second-order valence-corrected chi connectivity index (χ2v) is 8.51. The van der Waals surface area contributed by atoms with Crippen molar-refractivity contribution in [2.24, 2.45) is 11.8 Å². The first-order valence-corrected chi connectivity index (χ1v) is 10.8. The maximum Gasteiger partial charge on any atom is 0.167 e. The minimum absolute atomic E-state index is 0.136. The molecule has 0 radical (unpaired) electrons. The summed E-state index contributed by atoms with van der Waals surface area (Å²) in [5, 5.41) is 0. The smallest absolute Gasteiger partial charge is 0.167 e. The van der Waals surface area contributed by atoms with E-state index in [-0.39, 0.29) is 5.92 Å². The summed E-state index contributed by atoms with van der Waals surface area (Å²) in [4.78, 5) is 15.8. The Kier molecular flexibility index (Phi) is 5.63. The Morgan fingerprint density at radius 1 is 1.12 bits per heavy atom. The number of carbonyl (C=O) groups excluding carboxylic acids is 1. The number of Topliss-reactive ketones (excluding diaryl/α,β-unsaturated/α-hetero) is 1. The van der Waals surface area contributed by atoms with Gasteiger partial charge in [0.05, 0.1) is 6.61 Å². The number of likely N-dealkylation sites (tertiary alicyclic amines) is 1. The van der Waals surface area contributed by atoms with E-state index < -0.39 is 0 Å². The van der Waals surface area contributed by atoms with Crippen molar-refractivity contribution in [2.75, 3.05) is 26.2 Å². The SMILES string of the molecule is CCC(CN1CCCC1)C(=O)c1ccc(OCC2CC2)c2c1CCCC2. The molecule has 1 aromatic carbocycles. The Morgan fingerprint density at radius 3 is 2.54 bits per heavy atom. The molecule has 0 amide bonds. The molecule has 2 fully saturated rings. The van der Waals surface area contributed by atoms with Crippen LogP contribution in [-0.4, -0.2) is 36.9 Å². The maximum atomic E-state index is 13.4. The van der Waals surface area contributed by atoms with Crippen LogP contribution in [0.25, 0.3) is 0 Å². The summed E-state index contributed by atoms with van der Waals surface area (Å²) in [7, 11) is 0. The molecule has 1 aromatic rings. The molecule has 0 spiro atoms. The Labute approximate surface area is 158 Å². The van der Waals surface area contributed by atoms with E-state index in [4.69, 9.17) is 4.74 Å². The third-order valence-corrected chi connectivity index (χ3v) is 6.47. The highest BCUT2D eigenvalue weighted by molar-refractivity contribution is 6.00. The second kappa shape index (κ2) is 8.12. The number of ether oxygens (including phenoxy) is 1. The van der Waals surface area contributed by atoms with Crippen LogP contribution in [0.5, 0.6) is 5.75 Å². The molecule has 0 N–H and O–H groups in total. The normalized spacial score (nSPS) is 21.4. The van der Waals surface area contributed by atoms with Gasteiger partial charge in [0.25, 0.3) is 0 Å². The van der Waals surface area contributed by atoms with E-state index in [1.54, 1.807) is 0 Å². The monoisotopic (exact) mass is 355 g/mol.